The first kappa shape index (κ1) is 17.3. The molecule has 132 valence electrons. The van der Waals surface area contributed by atoms with Gasteiger partial charge in [-0.2, -0.15) is 0 Å². The third-order valence-electron chi connectivity index (χ3n) is 4.71. The van der Waals surface area contributed by atoms with E-state index in [1.807, 2.05) is 0 Å². The standard InChI is InChI=1S/C19H14O7/c20-14(21)11-18(12-7-3-1-4-8-12,13-9-5-2-6-10-13)19(15(22)23)16(24)26-17(19)25/h1-10H,11H2,(H,20,21)(H,22,23). The number of carboxylic acid groups (broad SMARTS) is 2. The summed E-state index contributed by atoms with van der Waals surface area (Å²) in [5.74, 6) is -5.65. The minimum Gasteiger partial charge on any atom is -0.481 e. The summed E-state index contributed by atoms with van der Waals surface area (Å²) in [6.07, 6.45) is -0.784. The van der Waals surface area contributed by atoms with Crippen molar-refractivity contribution in [3.8, 4) is 0 Å². The molecule has 1 fully saturated rings. The second kappa shape index (κ2) is 6.11. The molecule has 1 aliphatic heterocycles. The van der Waals surface area contributed by atoms with E-state index in [1.54, 1.807) is 36.4 Å². The zero-order valence-corrected chi connectivity index (χ0v) is 13.4. The third-order valence-corrected chi connectivity index (χ3v) is 4.71. The lowest BCUT2D eigenvalue weighted by atomic mass is 9.53. The molecule has 2 aromatic rings. The molecule has 0 aliphatic carbocycles. The van der Waals surface area contributed by atoms with Gasteiger partial charge in [0.2, 0.25) is 0 Å². The normalized spacial score (nSPS) is 15.7. The SMILES string of the molecule is O=C(O)CC(c1ccccc1)(c1ccccc1)C1(C(=O)O)C(=O)OC1=O. The first-order valence-electron chi connectivity index (χ1n) is 7.70. The van der Waals surface area contributed by atoms with Gasteiger partial charge in [0.05, 0.1) is 11.8 Å². The number of hydrogen-bond acceptors (Lipinski definition) is 5. The van der Waals surface area contributed by atoms with Crippen molar-refractivity contribution in [2.24, 2.45) is 5.41 Å². The van der Waals surface area contributed by atoms with Gasteiger partial charge in [0.1, 0.15) is 0 Å². The van der Waals surface area contributed by atoms with Crippen LogP contribution in [0.1, 0.15) is 17.5 Å². The highest BCUT2D eigenvalue weighted by Gasteiger charge is 2.77. The Bertz CT molecular complexity index is 819. The molecule has 3 rings (SSSR count). The number of hydrogen-bond donors (Lipinski definition) is 2. The van der Waals surface area contributed by atoms with Gasteiger partial charge >= 0.3 is 23.9 Å². The van der Waals surface area contributed by atoms with Crippen LogP contribution < -0.4 is 0 Å². The van der Waals surface area contributed by atoms with Gasteiger partial charge in [0, 0.05) is 0 Å². The fourth-order valence-electron chi connectivity index (χ4n) is 3.59. The zero-order chi connectivity index (χ0) is 18.9. The van der Waals surface area contributed by atoms with Crippen LogP contribution in [0.4, 0.5) is 0 Å². The van der Waals surface area contributed by atoms with Crippen molar-refractivity contribution in [3.63, 3.8) is 0 Å². The summed E-state index contributed by atoms with van der Waals surface area (Å²) in [5.41, 5.74) is -4.18. The summed E-state index contributed by atoms with van der Waals surface area (Å²) in [6, 6.07) is 15.6. The van der Waals surface area contributed by atoms with Gasteiger partial charge in [-0.3, -0.25) is 9.59 Å². The quantitative estimate of drug-likeness (QED) is 0.597. The summed E-state index contributed by atoms with van der Waals surface area (Å²) in [4.78, 5) is 48.6. The minimum absolute atomic E-state index is 0.223. The topological polar surface area (TPSA) is 118 Å². The molecule has 2 aromatic carbocycles. The van der Waals surface area contributed by atoms with Crippen molar-refractivity contribution in [3.05, 3.63) is 71.8 Å². The Labute approximate surface area is 147 Å². The van der Waals surface area contributed by atoms with Gasteiger partial charge in [-0.25, -0.2) is 9.59 Å². The second-order valence-corrected chi connectivity index (χ2v) is 5.94. The van der Waals surface area contributed by atoms with E-state index >= 15 is 0 Å². The Balaban J connectivity index is 2.46. The van der Waals surface area contributed by atoms with Crippen molar-refractivity contribution in [2.75, 3.05) is 0 Å². The Morgan fingerprint density at radius 3 is 1.58 bits per heavy atom. The van der Waals surface area contributed by atoms with E-state index in [-0.39, 0.29) is 11.1 Å². The van der Waals surface area contributed by atoms with Crippen LogP contribution >= 0.6 is 0 Å². The number of cyclic esters (lactones) is 2. The highest BCUT2D eigenvalue weighted by Crippen LogP contribution is 2.55. The monoisotopic (exact) mass is 354 g/mol. The molecule has 7 nitrogen and oxygen atoms in total. The van der Waals surface area contributed by atoms with Crippen LogP contribution in [-0.4, -0.2) is 34.1 Å². The summed E-state index contributed by atoms with van der Waals surface area (Å²) in [5, 5.41) is 19.4. The van der Waals surface area contributed by atoms with Gasteiger partial charge in [-0.1, -0.05) is 60.7 Å². The molecule has 1 heterocycles. The molecule has 2 N–H and O–H groups in total. The van der Waals surface area contributed by atoms with Crippen molar-refractivity contribution >= 4 is 23.9 Å². The third kappa shape index (κ3) is 2.13. The number of carbonyl (C=O) groups excluding carboxylic acids is 2. The van der Waals surface area contributed by atoms with E-state index in [0.29, 0.717) is 0 Å². The van der Waals surface area contributed by atoms with Crippen LogP contribution in [-0.2, 0) is 29.3 Å². The molecule has 0 unspecified atom stereocenters. The maximum atomic E-state index is 12.4. The number of rotatable bonds is 6. The van der Waals surface area contributed by atoms with E-state index < -0.39 is 41.1 Å². The van der Waals surface area contributed by atoms with Crippen LogP contribution in [0.5, 0.6) is 0 Å². The number of ether oxygens (including phenoxy) is 1. The molecular weight excluding hydrogens is 340 g/mol. The number of carboxylic acids is 2. The number of esters is 2. The van der Waals surface area contributed by atoms with Crippen molar-refractivity contribution in [2.45, 2.75) is 11.8 Å². The molecule has 26 heavy (non-hydrogen) atoms. The van der Waals surface area contributed by atoms with Gasteiger partial charge in [-0.15, -0.1) is 0 Å². The summed E-state index contributed by atoms with van der Waals surface area (Å²) in [7, 11) is 0. The molecular formula is C19H14O7. The summed E-state index contributed by atoms with van der Waals surface area (Å²) >= 11 is 0. The van der Waals surface area contributed by atoms with E-state index in [4.69, 9.17) is 0 Å². The van der Waals surface area contributed by atoms with Crippen molar-refractivity contribution in [1.82, 2.24) is 0 Å². The Morgan fingerprint density at radius 2 is 1.27 bits per heavy atom. The molecule has 1 aliphatic rings. The fourth-order valence-corrected chi connectivity index (χ4v) is 3.59. The van der Waals surface area contributed by atoms with Gasteiger partial charge in [0.25, 0.3) is 5.41 Å². The molecule has 7 heteroatoms. The summed E-state index contributed by atoms with van der Waals surface area (Å²) in [6.45, 7) is 0. The Hall–Kier alpha value is -3.48. The molecule has 0 atom stereocenters. The van der Waals surface area contributed by atoms with Gasteiger partial charge in [-0.05, 0) is 11.1 Å². The minimum atomic E-state index is -2.67. The molecule has 0 saturated carbocycles. The van der Waals surface area contributed by atoms with E-state index in [1.165, 1.54) is 24.3 Å². The van der Waals surface area contributed by atoms with Crippen molar-refractivity contribution < 1.29 is 34.1 Å². The maximum absolute atomic E-state index is 12.4. The highest BCUT2D eigenvalue weighted by molar-refractivity contribution is 6.29. The fraction of sp³-hybridized carbons (Fsp3) is 0.158. The molecule has 0 radical (unpaired) electrons. The molecule has 0 amide bonds. The van der Waals surface area contributed by atoms with Crippen molar-refractivity contribution in [1.29, 1.82) is 0 Å². The summed E-state index contributed by atoms with van der Waals surface area (Å²) < 4.78 is 4.40. The van der Waals surface area contributed by atoms with Gasteiger partial charge in [0.15, 0.2) is 0 Å². The number of benzene rings is 2. The van der Waals surface area contributed by atoms with Crippen LogP contribution in [0.15, 0.2) is 60.7 Å². The average Bonchev–Trinajstić information content (AvgIpc) is 2.61. The molecule has 0 aromatic heterocycles. The second-order valence-electron chi connectivity index (χ2n) is 5.94. The van der Waals surface area contributed by atoms with Gasteiger partial charge < -0.3 is 14.9 Å². The lowest BCUT2D eigenvalue weighted by Crippen LogP contribution is -2.69. The van der Waals surface area contributed by atoms with Crippen LogP contribution in [0, 0.1) is 5.41 Å². The first-order chi connectivity index (χ1) is 12.4. The van der Waals surface area contributed by atoms with Crippen LogP contribution in [0.3, 0.4) is 0 Å². The van der Waals surface area contributed by atoms with E-state index in [9.17, 15) is 29.4 Å². The maximum Gasteiger partial charge on any atom is 0.344 e. The number of carbonyl (C=O) groups is 4. The molecule has 0 bridgehead atoms. The Morgan fingerprint density at radius 1 is 0.846 bits per heavy atom. The number of aliphatic carboxylic acids is 2. The zero-order valence-electron chi connectivity index (χ0n) is 13.4. The van der Waals surface area contributed by atoms with Crippen LogP contribution in [0.2, 0.25) is 0 Å². The Kier molecular flexibility index (Phi) is 4.07. The molecule has 1 saturated heterocycles. The lowest BCUT2D eigenvalue weighted by Gasteiger charge is -2.48. The molecule has 0 spiro atoms. The van der Waals surface area contributed by atoms with Crippen LogP contribution in [0.25, 0.3) is 0 Å². The van der Waals surface area contributed by atoms with E-state index in [0.717, 1.165) is 0 Å². The average molecular weight is 354 g/mol. The predicted molar refractivity (Wildman–Crippen MR) is 87.1 cm³/mol. The highest BCUT2D eigenvalue weighted by atomic mass is 16.6. The largest absolute Gasteiger partial charge is 0.481 e. The smallest absolute Gasteiger partial charge is 0.344 e. The van der Waals surface area contributed by atoms with E-state index in [2.05, 4.69) is 4.74 Å². The lowest BCUT2D eigenvalue weighted by molar-refractivity contribution is -0.208. The predicted octanol–water partition coefficient (Wildman–Crippen LogP) is 1.60. The first-order valence-corrected chi connectivity index (χ1v) is 7.70.